The minimum Gasteiger partial charge on any atom is -0.310 e. The van der Waals surface area contributed by atoms with Crippen molar-refractivity contribution in [1.29, 1.82) is 0 Å². The monoisotopic (exact) mass is 727 g/mol. The summed E-state index contributed by atoms with van der Waals surface area (Å²) in [6.07, 6.45) is 9.31. The number of nitrogens with zero attached hydrogens (tertiary/aromatic N) is 1. The number of hydrogen-bond donors (Lipinski definition) is 0. The molecule has 0 aliphatic rings. The van der Waals surface area contributed by atoms with Crippen LogP contribution in [0.2, 0.25) is 0 Å². The highest BCUT2D eigenvalue weighted by Gasteiger charge is 2.18. The number of anilines is 3. The molecule has 0 radical (unpaired) electrons. The lowest BCUT2D eigenvalue weighted by molar-refractivity contribution is 1.30. The van der Waals surface area contributed by atoms with Crippen molar-refractivity contribution >= 4 is 55.5 Å². The molecule has 0 fully saturated rings. The van der Waals surface area contributed by atoms with Crippen molar-refractivity contribution in [3.8, 4) is 22.3 Å². The summed E-state index contributed by atoms with van der Waals surface area (Å²) in [6.45, 7) is 20.2. The molecule has 0 saturated carbocycles. The maximum Gasteiger partial charge on any atom is 0.0546 e. The number of aryl methyl sites for hydroxylation is 1. The molecule has 0 saturated heterocycles. The van der Waals surface area contributed by atoms with Crippen LogP contribution in [0.1, 0.15) is 38.8 Å². The molecular weight excluding hydrogens is 675 g/mol. The van der Waals surface area contributed by atoms with Gasteiger partial charge in [-0.15, -0.1) is 6.58 Å². The van der Waals surface area contributed by atoms with Crippen LogP contribution in [-0.2, 0) is 0 Å². The maximum absolute atomic E-state index is 3.36. The molecule has 0 aliphatic carbocycles. The lowest BCUT2D eigenvalue weighted by Crippen LogP contribution is -2.10. The summed E-state index contributed by atoms with van der Waals surface area (Å²) in [4.78, 5) is 2.41. The standard InChI is InChI=1S/C46H35N.C4H6.C3H6.C2H6/c1-3-10-36-29-38(18-17-32(36)2)34-21-25-41(26-22-34)47(46-31-40-13-6-7-14-43(40)44-15-8-9-16-45(44)46)42-27-23-35(24-28-42)39-20-19-33-11-4-5-12-37(33)30-39;1-3-4-2;1-3-2;1-2/h3-31H,1-2H3;3-4H,1-2H2;3H,1H2,2H3;1-2H3/b10-3-;;;. The van der Waals surface area contributed by atoms with Crippen LogP contribution in [-0.4, -0.2) is 0 Å². The highest BCUT2D eigenvalue weighted by molar-refractivity contribution is 6.14. The smallest absolute Gasteiger partial charge is 0.0546 e. The van der Waals surface area contributed by atoms with Gasteiger partial charge >= 0.3 is 0 Å². The fourth-order valence-corrected chi connectivity index (χ4v) is 6.80. The maximum atomic E-state index is 3.36. The SMILES string of the molecule is C/C=C\c1cc(-c2ccc(N(c3ccc(-c4ccc5ccccc5c4)cc3)c3cc4ccccc4c4ccccc34)cc2)ccc1C.C=CC.C=CC=C.CC. The minimum absolute atomic E-state index is 1.12. The molecule has 0 amide bonds. The summed E-state index contributed by atoms with van der Waals surface area (Å²) in [6, 6.07) is 59.8. The van der Waals surface area contributed by atoms with E-state index in [0.29, 0.717) is 0 Å². The van der Waals surface area contributed by atoms with E-state index in [9.17, 15) is 0 Å². The molecule has 8 rings (SSSR count). The van der Waals surface area contributed by atoms with Crippen LogP contribution in [0.3, 0.4) is 0 Å². The Bertz CT molecular complexity index is 2560. The van der Waals surface area contributed by atoms with Gasteiger partial charge in [-0.1, -0.05) is 179 Å². The Hall–Kier alpha value is -6.70. The average molecular weight is 728 g/mol. The average Bonchev–Trinajstić information content (AvgIpc) is 3.26. The van der Waals surface area contributed by atoms with Crippen molar-refractivity contribution in [2.75, 3.05) is 4.90 Å². The van der Waals surface area contributed by atoms with Gasteiger partial charge in [-0.3, -0.25) is 0 Å². The van der Waals surface area contributed by atoms with Crippen molar-refractivity contribution in [1.82, 2.24) is 0 Å². The van der Waals surface area contributed by atoms with Crippen LogP contribution in [0, 0.1) is 6.92 Å². The fraction of sp³-hybridized carbons (Fsp3) is 0.0909. The van der Waals surface area contributed by atoms with Crippen LogP contribution in [0.15, 0.2) is 208 Å². The third-order valence-electron chi connectivity index (χ3n) is 9.45. The Labute approximate surface area is 334 Å². The second-order valence-corrected chi connectivity index (χ2v) is 13.1. The van der Waals surface area contributed by atoms with E-state index in [1.807, 2.05) is 20.8 Å². The second-order valence-electron chi connectivity index (χ2n) is 13.1. The molecule has 8 aromatic carbocycles. The highest BCUT2D eigenvalue weighted by atomic mass is 15.1. The Kier molecular flexibility index (Phi) is 14.5. The molecule has 56 heavy (non-hydrogen) atoms. The first-order chi connectivity index (χ1) is 27.5. The normalized spacial score (nSPS) is 10.4. The molecule has 278 valence electrons. The van der Waals surface area contributed by atoms with E-state index >= 15 is 0 Å². The Morgan fingerprint density at radius 2 is 0.911 bits per heavy atom. The minimum atomic E-state index is 1.12. The first-order valence-corrected chi connectivity index (χ1v) is 19.4. The van der Waals surface area contributed by atoms with Crippen LogP contribution >= 0.6 is 0 Å². The van der Waals surface area contributed by atoms with E-state index < -0.39 is 0 Å². The molecule has 1 heteroatoms. The molecule has 0 bridgehead atoms. The molecule has 0 aliphatic heterocycles. The van der Waals surface area contributed by atoms with Crippen LogP contribution < -0.4 is 4.90 Å². The number of hydrogen-bond acceptors (Lipinski definition) is 1. The topological polar surface area (TPSA) is 3.24 Å². The lowest BCUT2D eigenvalue weighted by Gasteiger charge is -2.28. The first kappa shape index (κ1) is 40.5. The predicted molar refractivity (Wildman–Crippen MR) is 252 cm³/mol. The summed E-state index contributed by atoms with van der Waals surface area (Å²) in [5, 5.41) is 7.49. The van der Waals surface area contributed by atoms with Crippen molar-refractivity contribution < 1.29 is 0 Å². The molecule has 0 spiro atoms. The van der Waals surface area contributed by atoms with E-state index in [-0.39, 0.29) is 0 Å². The van der Waals surface area contributed by atoms with Gasteiger partial charge in [0.2, 0.25) is 0 Å². The third-order valence-corrected chi connectivity index (χ3v) is 9.45. The molecule has 0 unspecified atom stereocenters. The number of rotatable bonds is 7. The molecule has 0 aromatic heterocycles. The quantitative estimate of drug-likeness (QED) is 0.0897. The van der Waals surface area contributed by atoms with Gasteiger partial charge in [0.1, 0.15) is 0 Å². The van der Waals surface area contributed by atoms with Crippen molar-refractivity contribution in [2.24, 2.45) is 0 Å². The number of fused-ring (bicyclic) bond motifs is 4. The van der Waals surface area contributed by atoms with Crippen molar-refractivity contribution in [3.05, 3.63) is 219 Å². The zero-order valence-corrected chi connectivity index (χ0v) is 33.5. The van der Waals surface area contributed by atoms with Crippen LogP contribution in [0.25, 0.3) is 60.6 Å². The largest absolute Gasteiger partial charge is 0.310 e. The Morgan fingerprint density at radius 1 is 0.446 bits per heavy atom. The van der Waals surface area contributed by atoms with E-state index in [1.165, 1.54) is 65.7 Å². The zero-order valence-electron chi connectivity index (χ0n) is 33.5. The molecule has 0 atom stereocenters. The Balaban J connectivity index is 0.000000611. The van der Waals surface area contributed by atoms with E-state index in [2.05, 4.69) is 214 Å². The van der Waals surface area contributed by atoms with Gasteiger partial charge in [0, 0.05) is 16.8 Å². The first-order valence-electron chi connectivity index (χ1n) is 19.4. The van der Waals surface area contributed by atoms with E-state index in [4.69, 9.17) is 0 Å². The van der Waals surface area contributed by atoms with Gasteiger partial charge in [-0.25, -0.2) is 0 Å². The fourth-order valence-electron chi connectivity index (χ4n) is 6.80. The van der Waals surface area contributed by atoms with Crippen LogP contribution in [0.4, 0.5) is 17.1 Å². The number of allylic oxidation sites excluding steroid dienone is 4. The third kappa shape index (κ3) is 9.32. The highest BCUT2D eigenvalue weighted by Crippen LogP contribution is 2.43. The van der Waals surface area contributed by atoms with E-state index in [0.717, 1.165) is 17.1 Å². The van der Waals surface area contributed by atoms with Crippen molar-refractivity contribution in [3.63, 3.8) is 0 Å². The van der Waals surface area contributed by atoms with Crippen molar-refractivity contribution in [2.45, 2.75) is 34.6 Å². The predicted octanol–water partition coefficient (Wildman–Crippen LogP) is 16.9. The van der Waals surface area contributed by atoms with Gasteiger partial charge in [0.05, 0.1) is 5.69 Å². The summed E-state index contributed by atoms with van der Waals surface area (Å²) >= 11 is 0. The lowest BCUT2D eigenvalue weighted by atomic mass is 9.97. The zero-order chi connectivity index (χ0) is 39.9. The molecule has 1 nitrogen and oxygen atoms in total. The van der Waals surface area contributed by atoms with Crippen LogP contribution in [0.5, 0.6) is 0 Å². The summed E-state index contributed by atoms with van der Waals surface area (Å²) in [7, 11) is 0. The molecule has 0 N–H and O–H groups in total. The van der Waals surface area contributed by atoms with E-state index in [1.54, 1.807) is 18.2 Å². The van der Waals surface area contributed by atoms with Gasteiger partial charge in [0.25, 0.3) is 0 Å². The molecular formula is C55H53N. The summed E-state index contributed by atoms with van der Waals surface area (Å²) in [5.74, 6) is 0. The Morgan fingerprint density at radius 3 is 1.48 bits per heavy atom. The van der Waals surface area contributed by atoms with Gasteiger partial charge < -0.3 is 4.90 Å². The van der Waals surface area contributed by atoms with Gasteiger partial charge in [0.15, 0.2) is 0 Å². The summed E-state index contributed by atoms with van der Waals surface area (Å²) in [5.41, 5.74) is 10.8. The molecule has 0 heterocycles. The summed E-state index contributed by atoms with van der Waals surface area (Å²) < 4.78 is 0. The second kappa shape index (κ2) is 20.1. The van der Waals surface area contributed by atoms with Gasteiger partial charge in [-0.05, 0) is 124 Å². The number of benzene rings is 8. The molecule has 8 aromatic rings. The van der Waals surface area contributed by atoms with Gasteiger partial charge in [-0.2, -0.15) is 0 Å².